The summed E-state index contributed by atoms with van der Waals surface area (Å²) in [6, 6.07) is 4.76. The molecule has 2 fully saturated rings. The van der Waals surface area contributed by atoms with Crippen LogP contribution in [-0.4, -0.2) is 53.0 Å². The number of nitrogens with zero attached hydrogens (tertiary/aromatic N) is 4. The Hall–Kier alpha value is -2.39. The minimum absolute atomic E-state index is 0.0732. The first kappa shape index (κ1) is 23.4. The first-order valence-corrected chi connectivity index (χ1v) is 11.9. The second-order valence-electron chi connectivity index (χ2n) is 9.23. The van der Waals surface area contributed by atoms with Crippen molar-refractivity contribution in [1.29, 1.82) is 0 Å². The monoisotopic (exact) mass is 505 g/mol. The number of likely N-dealkylation sites (tertiary alicyclic amines) is 1. The lowest BCUT2D eigenvalue weighted by Gasteiger charge is -2.52. The summed E-state index contributed by atoms with van der Waals surface area (Å²) < 4.78 is 27.6. The maximum absolute atomic E-state index is 14.0. The van der Waals surface area contributed by atoms with Crippen LogP contribution in [0.4, 0.5) is 10.2 Å². The molecule has 10 heteroatoms. The van der Waals surface area contributed by atoms with Gasteiger partial charge in [-0.05, 0) is 45.1 Å². The minimum atomic E-state index is -0.643. The van der Waals surface area contributed by atoms with E-state index >= 15 is 0 Å². The lowest BCUT2D eigenvalue weighted by molar-refractivity contribution is -0.168. The number of piperidine rings is 1. The van der Waals surface area contributed by atoms with E-state index in [1.54, 1.807) is 19.2 Å². The molecule has 2 aromatic heterocycles. The van der Waals surface area contributed by atoms with Gasteiger partial charge in [0, 0.05) is 40.7 Å². The zero-order valence-electron chi connectivity index (χ0n) is 19.0. The quantitative estimate of drug-likeness (QED) is 0.491. The van der Waals surface area contributed by atoms with Crippen LogP contribution in [0, 0.1) is 11.2 Å². The number of hydrogen-bond donors (Lipinski definition) is 1. The van der Waals surface area contributed by atoms with Gasteiger partial charge in [-0.1, -0.05) is 23.2 Å². The predicted octanol–water partition coefficient (Wildman–Crippen LogP) is 5.01. The van der Waals surface area contributed by atoms with Crippen molar-refractivity contribution in [3.05, 3.63) is 58.2 Å². The Morgan fingerprint density at radius 1 is 1.26 bits per heavy atom. The Balaban J connectivity index is 1.40. The molecule has 7 nitrogen and oxygen atoms in total. The van der Waals surface area contributed by atoms with Gasteiger partial charge >= 0.3 is 0 Å². The van der Waals surface area contributed by atoms with E-state index in [2.05, 4.69) is 26.7 Å². The zero-order chi connectivity index (χ0) is 24.0. The molecule has 180 valence electrons. The Labute approximate surface area is 207 Å². The van der Waals surface area contributed by atoms with Gasteiger partial charge in [-0.15, -0.1) is 0 Å². The number of ether oxygens (including phenoxy) is 2. The fourth-order valence-corrected chi connectivity index (χ4v) is 5.64. The summed E-state index contributed by atoms with van der Waals surface area (Å²) >= 11 is 12.4. The van der Waals surface area contributed by atoms with E-state index < -0.39 is 11.9 Å². The highest BCUT2D eigenvalue weighted by Crippen LogP contribution is 2.45. The number of benzene rings is 1. The molecule has 2 aliphatic rings. The fourth-order valence-electron chi connectivity index (χ4n) is 4.96. The van der Waals surface area contributed by atoms with Gasteiger partial charge in [-0.2, -0.15) is 5.10 Å². The maximum atomic E-state index is 14.0. The lowest BCUT2D eigenvalue weighted by atomic mass is 9.74. The summed E-state index contributed by atoms with van der Waals surface area (Å²) in [7, 11) is 2.15. The van der Waals surface area contributed by atoms with Crippen LogP contribution < -0.4 is 10.5 Å². The summed E-state index contributed by atoms with van der Waals surface area (Å²) in [6.45, 7) is 5.25. The van der Waals surface area contributed by atoms with Gasteiger partial charge in [-0.25, -0.2) is 9.37 Å². The largest absolute Gasteiger partial charge is 0.482 e. The molecule has 5 rings (SSSR count). The molecule has 0 amide bonds. The summed E-state index contributed by atoms with van der Waals surface area (Å²) in [5, 5.41) is 4.92. The molecule has 2 atom stereocenters. The molecule has 2 saturated heterocycles. The van der Waals surface area contributed by atoms with Crippen molar-refractivity contribution in [2.24, 2.45) is 5.41 Å². The van der Waals surface area contributed by atoms with E-state index in [9.17, 15) is 4.39 Å². The van der Waals surface area contributed by atoms with Gasteiger partial charge in [0.15, 0.2) is 11.6 Å². The number of halogens is 3. The number of aromatic nitrogens is 3. The molecule has 0 radical (unpaired) electrons. The van der Waals surface area contributed by atoms with Crippen LogP contribution >= 0.6 is 23.2 Å². The van der Waals surface area contributed by atoms with Crippen LogP contribution in [0.3, 0.4) is 0 Å². The average molecular weight is 506 g/mol. The maximum Gasteiger partial charge on any atom is 0.166 e. The summed E-state index contributed by atoms with van der Waals surface area (Å²) in [6.07, 6.45) is 5.92. The number of hydrogen-bond acceptors (Lipinski definition) is 6. The highest BCUT2D eigenvalue weighted by Gasteiger charge is 2.49. The molecule has 0 bridgehead atoms. The third-order valence-electron chi connectivity index (χ3n) is 6.78. The van der Waals surface area contributed by atoms with Crippen molar-refractivity contribution >= 4 is 29.0 Å². The third kappa shape index (κ3) is 4.13. The molecular weight excluding hydrogens is 480 g/mol. The van der Waals surface area contributed by atoms with Gasteiger partial charge in [0.2, 0.25) is 0 Å². The lowest BCUT2D eigenvalue weighted by Crippen LogP contribution is -2.58. The van der Waals surface area contributed by atoms with Crippen molar-refractivity contribution in [3.8, 4) is 16.9 Å². The van der Waals surface area contributed by atoms with Crippen LogP contribution in [0.1, 0.15) is 31.1 Å². The van der Waals surface area contributed by atoms with Crippen molar-refractivity contribution < 1.29 is 13.9 Å². The molecule has 1 aromatic carbocycles. The van der Waals surface area contributed by atoms with Crippen LogP contribution in [0.15, 0.2) is 36.8 Å². The van der Waals surface area contributed by atoms with Crippen LogP contribution in [-0.2, 0) is 4.74 Å². The second-order valence-corrected chi connectivity index (χ2v) is 10.0. The molecular formula is C24H26Cl2FN5O2. The Kier molecular flexibility index (Phi) is 6.18. The minimum Gasteiger partial charge on any atom is -0.482 e. The van der Waals surface area contributed by atoms with Crippen molar-refractivity contribution in [1.82, 2.24) is 19.7 Å². The first-order chi connectivity index (χ1) is 16.3. The van der Waals surface area contributed by atoms with E-state index in [1.165, 1.54) is 12.1 Å². The SMILES string of the molecule is C[C@@H](Oc1cc(-c2cnn(C3CCN(C)CC34COC4)c2)cnc1N)c1c(Cl)ccc(F)c1Cl. The van der Waals surface area contributed by atoms with Gasteiger partial charge in [0.1, 0.15) is 11.9 Å². The summed E-state index contributed by atoms with van der Waals surface area (Å²) in [5.74, 6) is 0.0112. The standard InChI is InChI=1S/C24H26Cl2FN5O2/c1-14(21-17(25)3-4-18(27)22(21)26)34-19-7-15(8-29-23(19)28)16-9-30-32(10-16)20-5-6-31(2)11-24(20)12-33-13-24/h3-4,7-10,14,20H,5-6,11-13H2,1-2H3,(H2,28,29)/t14-,20?/m1/s1. The Bertz CT molecular complexity index is 1220. The van der Waals surface area contributed by atoms with Crippen LogP contribution in [0.25, 0.3) is 11.1 Å². The molecule has 0 saturated carbocycles. The number of nitrogens with two attached hydrogens (primary N) is 1. The molecule has 2 N–H and O–H groups in total. The van der Waals surface area contributed by atoms with Crippen LogP contribution in [0.5, 0.6) is 5.75 Å². The molecule has 1 spiro atoms. The molecule has 1 unspecified atom stereocenters. The van der Waals surface area contributed by atoms with Crippen molar-refractivity contribution in [2.75, 3.05) is 39.1 Å². The van der Waals surface area contributed by atoms with Gasteiger partial charge in [0.05, 0.1) is 35.9 Å². The predicted molar refractivity (Wildman–Crippen MR) is 130 cm³/mol. The molecule has 0 aliphatic carbocycles. The Morgan fingerprint density at radius 3 is 2.79 bits per heavy atom. The highest BCUT2D eigenvalue weighted by atomic mass is 35.5. The van der Waals surface area contributed by atoms with Crippen LogP contribution in [0.2, 0.25) is 10.0 Å². The van der Waals surface area contributed by atoms with Gasteiger partial charge in [-0.3, -0.25) is 4.68 Å². The number of pyridine rings is 1. The van der Waals surface area contributed by atoms with E-state index in [-0.39, 0.29) is 22.3 Å². The molecule has 2 aliphatic heterocycles. The van der Waals surface area contributed by atoms with E-state index in [0.717, 1.165) is 43.9 Å². The highest BCUT2D eigenvalue weighted by molar-refractivity contribution is 6.36. The number of nitrogen functional groups attached to an aromatic ring is 1. The molecule has 34 heavy (non-hydrogen) atoms. The zero-order valence-corrected chi connectivity index (χ0v) is 20.5. The number of anilines is 1. The van der Waals surface area contributed by atoms with Gasteiger partial charge in [0.25, 0.3) is 0 Å². The normalized spacial score (nSPS) is 20.8. The van der Waals surface area contributed by atoms with Crippen molar-refractivity contribution in [2.45, 2.75) is 25.5 Å². The van der Waals surface area contributed by atoms with Crippen molar-refractivity contribution in [3.63, 3.8) is 0 Å². The second kappa shape index (κ2) is 9.00. The van der Waals surface area contributed by atoms with Gasteiger partial charge < -0.3 is 20.1 Å². The molecule has 4 heterocycles. The topological polar surface area (TPSA) is 78.4 Å². The van der Waals surface area contributed by atoms with E-state index in [1.807, 2.05) is 12.4 Å². The van der Waals surface area contributed by atoms with E-state index in [4.69, 9.17) is 38.4 Å². The summed E-state index contributed by atoms with van der Waals surface area (Å²) in [5.41, 5.74) is 8.25. The smallest absolute Gasteiger partial charge is 0.166 e. The number of rotatable bonds is 5. The fraction of sp³-hybridized carbons (Fsp3) is 0.417. The molecule has 3 aromatic rings. The first-order valence-electron chi connectivity index (χ1n) is 11.1. The summed E-state index contributed by atoms with van der Waals surface area (Å²) in [4.78, 5) is 6.66. The average Bonchev–Trinajstić information content (AvgIpc) is 3.27. The Morgan fingerprint density at radius 2 is 2.06 bits per heavy atom. The third-order valence-corrected chi connectivity index (χ3v) is 7.49. The van der Waals surface area contributed by atoms with E-state index in [0.29, 0.717) is 16.3 Å².